The van der Waals surface area contributed by atoms with Gasteiger partial charge in [0.15, 0.2) is 0 Å². The molecule has 1 N–H and O–H groups in total. The van der Waals surface area contributed by atoms with Crippen LogP contribution in [-0.2, 0) is 11.3 Å². The maximum Gasteiger partial charge on any atom is 0.0808 e. The lowest BCUT2D eigenvalue weighted by Gasteiger charge is -2.48. The first kappa shape index (κ1) is 16.8. The Bertz CT molecular complexity index is 484. The van der Waals surface area contributed by atoms with Crippen LogP contribution in [0.25, 0.3) is 0 Å². The van der Waals surface area contributed by atoms with Crippen molar-refractivity contribution in [3.63, 3.8) is 0 Å². The van der Waals surface area contributed by atoms with Crippen LogP contribution in [0.5, 0.6) is 0 Å². The summed E-state index contributed by atoms with van der Waals surface area (Å²) >= 11 is 3.61. The second-order valence-corrected chi connectivity index (χ2v) is 7.95. The first-order chi connectivity index (χ1) is 9.72. The normalized spacial score (nSPS) is 20.6. The van der Waals surface area contributed by atoms with E-state index in [0.717, 1.165) is 30.7 Å². The van der Waals surface area contributed by atoms with Crippen LogP contribution in [0.4, 0.5) is 5.69 Å². The molecule has 0 aromatic heterocycles. The highest BCUT2D eigenvalue weighted by Gasteiger charge is 2.38. The molecule has 0 amide bonds. The summed E-state index contributed by atoms with van der Waals surface area (Å²) in [7, 11) is 0. The fraction of sp³-hybridized carbons (Fsp3) is 0.647. The van der Waals surface area contributed by atoms with Gasteiger partial charge in [0.05, 0.1) is 11.2 Å². The van der Waals surface area contributed by atoms with Crippen LogP contribution < -0.4 is 10.2 Å². The Balaban J connectivity index is 2.33. The van der Waals surface area contributed by atoms with Gasteiger partial charge in [0.25, 0.3) is 0 Å². The average molecular weight is 355 g/mol. The third-order valence-corrected chi connectivity index (χ3v) is 4.14. The number of hydrogen-bond donors (Lipinski definition) is 1. The van der Waals surface area contributed by atoms with Gasteiger partial charge in [-0.15, -0.1) is 0 Å². The third kappa shape index (κ3) is 4.44. The summed E-state index contributed by atoms with van der Waals surface area (Å²) in [4.78, 5) is 2.46. The Morgan fingerprint density at radius 1 is 1.19 bits per heavy atom. The van der Waals surface area contributed by atoms with Crippen LogP contribution in [0, 0.1) is 0 Å². The maximum absolute atomic E-state index is 6.20. The number of anilines is 1. The number of ether oxygens (including phenoxy) is 1. The van der Waals surface area contributed by atoms with Crippen molar-refractivity contribution in [3.8, 4) is 0 Å². The van der Waals surface area contributed by atoms with Gasteiger partial charge in [0.2, 0.25) is 0 Å². The molecule has 1 aromatic carbocycles. The van der Waals surface area contributed by atoms with E-state index in [0.29, 0.717) is 0 Å². The van der Waals surface area contributed by atoms with Crippen molar-refractivity contribution < 1.29 is 4.74 Å². The molecule has 3 nitrogen and oxygen atoms in total. The van der Waals surface area contributed by atoms with E-state index >= 15 is 0 Å². The minimum absolute atomic E-state index is 0.139. The fourth-order valence-electron chi connectivity index (χ4n) is 3.20. The molecule has 1 aliphatic heterocycles. The molecule has 0 bridgehead atoms. The van der Waals surface area contributed by atoms with Crippen molar-refractivity contribution in [3.05, 3.63) is 28.2 Å². The minimum atomic E-state index is -0.139. The molecule has 2 rings (SSSR count). The van der Waals surface area contributed by atoms with Gasteiger partial charge >= 0.3 is 0 Å². The Kier molecular flexibility index (Phi) is 5.01. The Morgan fingerprint density at radius 2 is 1.81 bits per heavy atom. The zero-order chi connectivity index (χ0) is 15.7. The zero-order valence-corrected chi connectivity index (χ0v) is 15.4. The van der Waals surface area contributed by atoms with Crippen molar-refractivity contribution in [1.82, 2.24) is 5.32 Å². The largest absolute Gasteiger partial charge is 0.366 e. The second-order valence-electron chi connectivity index (χ2n) is 7.03. The first-order valence-corrected chi connectivity index (χ1v) is 8.46. The van der Waals surface area contributed by atoms with Gasteiger partial charge in [-0.25, -0.2) is 0 Å². The molecule has 0 radical (unpaired) electrons. The highest BCUT2D eigenvalue weighted by molar-refractivity contribution is 9.10. The van der Waals surface area contributed by atoms with Gasteiger partial charge in [0, 0.05) is 29.8 Å². The number of rotatable bonds is 4. The average Bonchev–Trinajstić information content (AvgIpc) is 2.33. The smallest absolute Gasteiger partial charge is 0.0808 e. The van der Waals surface area contributed by atoms with Crippen LogP contribution in [0.2, 0.25) is 0 Å². The second kappa shape index (κ2) is 6.27. The summed E-state index contributed by atoms with van der Waals surface area (Å²) in [6.45, 7) is 14.5. The van der Waals surface area contributed by atoms with Crippen LogP contribution in [0.3, 0.4) is 0 Å². The standard InChI is InChI=1S/C17H27BrN2O/c1-6-19-10-13-7-8-14(18)9-15(13)20-11-16(2,3)21-17(4,5)12-20/h7-9,19H,6,10-12H2,1-5H3. The Morgan fingerprint density at radius 3 is 2.38 bits per heavy atom. The number of halogens is 1. The van der Waals surface area contributed by atoms with Crippen molar-refractivity contribution in [2.24, 2.45) is 0 Å². The Hall–Kier alpha value is -0.580. The molecule has 4 heteroatoms. The quantitative estimate of drug-likeness (QED) is 0.885. The third-order valence-electron chi connectivity index (χ3n) is 3.65. The lowest BCUT2D eigenvalue weighted by molar-refractivity contribution is -0.133. The van der Waals surface area contributed by atoms with Gasteiger partial charge < -0.3 is 15.0 Å². The van der Waals surface area contributed by atoms with Gasteiger partial charge in [-0.1, -0.05) is 28.9 Å². The highest BCUT2D eigenvalue weighted by Crippen LogP contribution is 2.34. The monoisotopic (exact) mass is 354 g/mol. The van der Waals surface area contributed by atoms with Gasteiger partial charge in [-0.3, -0.25) is 0 Å². The molecule has 1 fully saturated rings. The maximum atomic E-state index is 6.20. The van der Waals surface area contributed by atoms with Crippen LogP contribution >= 0.6 is 15.9 Å². The number of nitrogens with zero attached hydrogens (tertiary/aromatic N) is 1. The Labute approximate surface area is 137 Å². The number of nitrogens with one attached hydrogen (secondary N) is 1. The number of benzene rings is 1. The molecule has 1 aromatic rings. The number of morpholine rings is 1. The fourth-order valence-corrected chi connectivity index (χ4v) is 3.55. The van der Waals surface area contributed by atoms with Crippen LogP contribution in [-0.4, -0.2) is 30.8 Å². The van der Waals surface area contributed by atoms with E-state index in [2.05, 4.69) is 79.0 Å². The number of hydrogen-bond acceptors (Lipinski definition) is 3. The molecule has 118 valence electrons. The first-order valence-electron chi connectivity index (χ1n) is 7.67. The topological polar surface area (TPSA) is 24.5 Å². The highest BCUT2D eigenvalue weighted by atomic mass is 79.9. The minimum Gasteiger partial charge on any atom is -0.366 e. The van der Waals surface area contributed by atoms with Crippen LogP contribution in [0.15, 0.2) is 22.7 Å². The molecule has 0 unspecified atom stereocenters. The molecule has 0 atom stereocenters. The van der Waals surface area contributed by atoms with E-state index in [9.17, 15) is 0 Å². The van der Waals surface area contributed by atoms with E-state index in [1.54, 1.807) is 0 Å². The molecule has 21 heavy (non-hydrogen) atoms. The SMILES string of the molecule is CCNCc1ccc(Br)cc1N1CC(C)(C)OC(C)(C)C1. The van der Waals surface area contributed by atoms with E-state index in [1.165, 1.54) is 11.3 Å². The molecular weight excluding hydrogens is 328 g/mol. The van der Waals surface area contributed by atoms with Crippen molar-refractivity contribution in [1.29, 1.82) is 0 Å². The van der Waals surface area contributed by atoms with E-state index in [-0.39, 0.29) is 11.2 Å². The summed E-state index contributed by atoms with van der Waals surface area (Å²) < 4.78 is 7.32. The molecule has 1 saturated heterocycles. The van der Waals surface area contributed by atoms with E-state index in [4.69, 9.17) is 4.74 Å². The molecule has 1 heterocycles. The van der Waals surface area contributed by atoms with Crippen molar-refractivity contribution in [2.75, 3.05) is 24.5 Å². The van der Waals surface area contributed by atoms with Gasteiger partial charge in [-0.05, 0) is 51.9 Å². The molecule has 0 saturated carbocycles. The van der Waals surface area contributed by atoms with Gasteiger partial charge in [0.1, 0.15) is 0 Å². The molecular formula is C17H27BrN2O. The van der Waals surface area contributed by atoms with Crippen LogP contribution in [0.1, 0.15) is 40.2 Å². The van der Waals surface area contributed by atoms with Gasteiger partial charge in [-0.2, -0.15) is 0 Å². The summed E-state index contributed by atoms with van der Waals surface area (Å²) in [5, 5.41) is 3.43. The van der Waals surface area contributed by atoms with E-state index in [1.807, 2.05) is 0 Å². The van der Waals surface area contributed by atoms with Crippen molar-refractivity contribution in [2.45, 2.75) is 52.4 Å². The summed E-state index contributed by atoms with van der Waals surface area (Å²) in [5.41, 5.74) is 2.36. The predicted octanol–water partition coefficient (Wildman–Crippen LogP) is 3.95. The summed E-state index contributed by atoms with van der Waals surface area (Å²) in [6, 6.07) is 6.55. The lowest BCUT2D eigenvalue weighted by atomic mass is 9.97. The molecule has 0 aliphatic carbocycles. The zero-order valence-electron chi connectivity index (χ0n) is 13.8. The molecule has 0 spiro atoms. The summed E-state index contributed by atoms with van der Waals surface area (Å²) in [6.07, 6.45) is 0. The molecule has 1 aliphatic rings. The predicted molar refractivity (Wildman–Crippen MR) is 93.0 cm³/mol. The van der Waals surface area contributed by atoms with Crippen molar-refractivity contribution >= 4 is 21.6 Å². The van der Waals surface area contributed by atoms with E-state index < -0.39 is 0 Å². The summed E-state index contributed by atoms with van der Waals surface area (Å²) in [5.74, 6) is 0. The lowest BCUT2D eigenvalue weighted by Crippen LogP contribution is -2.57.